The number of likely N-dealkylation sites (tertiary alicyclic amines) is 1. The molecule has 46 heavy (non-hydrogen) atoms. The second-order valence-corrected chi connectivity index (χ2v) is 13.7. The molecule has 0 radical (unpaired) electrons. The van der Waals surface area contributed by atoms with Crippen molar-refractivity contribution in [2.45, 2.75) is 24.0 Å². The highest BCUT2D eigenvalue weighted by atomic mass is 32.2. The lowest BCUT2D eigenvalue weighted by molar-refractivity contribution is 0.0364. The number of likely N-dealkylation sites (N-methyl/N-ethyl adjacent to an activating group) is 1. The molecule has 1 unspecified atom stereocenters. The first-order chi connectivity index (χ1) is 22.3. The van der Waals surface area contributed by atoms with E-state index in [-0.39, 0.29) is 28.9 Å². The van der Waals surface area contributed by atoms with E-state index in [4.69, 9.17) is 19.2 Å². The summed E-state index contributed by atoms with van der Waals surface area (Å²) in [5.74, 6) is 1.01. The van der Waals surface area contributed by atoms with Crippen molar-refractivity contribution < 1.29 is 22.6 Å². The van der Waals surface area contributed by atoms with Crippen molar-refractivity contribution in [1.29, 1.82) is 0 Å². The summed E-state index contributed by atoms with van der Waals surface area (Å²) in [6.07, 6.45) is 4.16. The second kappa shape index (κ2) is 14.2. The Bertz CT molecular complexity index is 1810. The van der Waals surface area contributed by atoms with Crippen LogP contribution in [0, 0.1) is 0 Å². The Labute approximate surface area is 268 Å². The molecule has 1 N–H and O–H groups in total. The third-order valence-electron chi connectivity index (χ3n) is 8.26. The first-order valence-electron chi connectivity index (χ1n) is 15.4. The Morgan fingerprint density at radius 3 is 2.52 bits per heavy atom. The third kappa shape index (κ3) is 7.53. The fraction of sp³-hybridized carbons (Fsp3) is 0.438. The fourth-order valence-corrected chi connectivity index (χ4v) is 6.75. The highest BCUT2D eigenvalue weighted by molar-refractivity contribution is 7.91. The molecule has 2 fully saturated rings. The van der Waals surface area contributed by atoms with Crippen molar-refractivity contribution >= 4 is 32.5 Å². The first kappa shape index (κ1) is 32.0. The topological polar surface area (TPSA) is 141 Å². The maximum Gasteiger partial charge on any atom is 0.261 e. The second-order valence-electron chi connectivity index (χ2n) is 11.6. The molecule has 2 aliphatic heterocycles. The number of benzene rings is 1. The molecule has 13 nitrogen and oxygen atoms in total. The SMILES string of the molecule is COCCS(=O)(=O)c1ccc(-c2cc3cnc(Nc4ccc(OC5CCN(C)C5)cc4)nc3n(CCN3CCOCC3)c2=O)nc1. The van der Waals surface area contributed by atoms with Gasteiger partial charge in [0.2, 0.25) is 5.95 Å². The zero-order chi connectivity index (χ0) is 32.1. The van der Waals surface area contributed by atoms with Crippen molar-refractivity contribution in [3.8, 4) is 17.0 Å². The number of methoxy groups -OCH3 is 1. The zero-order valence-corrected chi connectivity index (χ0v) is 26.9. The molecule has 6 rings (SSSR count). The summed E-state index contributed by atoms with van der Waals surface area (Å²) in [6.45, 7) is 5.93. The molecule has 5 heterocycles. The molecule has 4 aromatic rings. The molecular weight excluding hydrogens is 610 g/mol. The van der Waals surface area contributed by atoms with Gasteiger partial charge in [0.25, 0.3) is 5.56 Å². The van der Waals surface area contributed by atoms with Crippen molar-refractivity contribution in [2.24, 2.45) is 0 Å². The molecule has 14 heteroatoms. The standard InChI is InChI=1S/C32H39N7O6S/c1-37-10-9-26(22-37)45-25-5-3-24(4-6-25)35-32-34-20-23-19-28(29-8-7-27(21-33-29)46(41,42)18-17-43-2)31(40)39(30(23)36-32)12-11-38-13-15-44-16-14-38/h3-8,19-21,26H,9-18,22H2,1-2H3,(H,34,35,36). The lowest BCUT2D eigenvalue weighted by Gasteiger charge is -2.27. The first-order valence-corrected chi connectivity index (χ1v) is 17.1. The van der Waals surface area contributed by atoms with Crippen LogP contribution in [0.1, 0.15) is 6.42 Å². The van der Waals surface area contributed by atoms with Crippen molar-refractivity contribution in [3.05, 3.63) is 65.2 Å². The Morgan fingerprint density at radius 1 is 1.02 bits per heavy atom. The molecule has 244 valence electrons. The number of hydrogen-bond acceptors (Lipinski definition) is 12. The van der Waals surface area contributed by atoms with Gasteiger partial charge < -0.3 is 24.4 Å². The van der Waals surface area contributed by atoms with Gasteiger partial charge in [-0.2, -0.15) is 4.98 Å². The monoisotopic (exact) mass is 649 g/mol. The number of anilines is 2. The van der Waals surface area contributed by atoms with Gasteiger partial charge in [-0.25, -0.2) is 13.4 Å². The summed E-state index contributed by atoms with van der Waals surface area (Å²) in [7, 11) is -0.0127. The normalized spacial score (nSPS) is 17.8. The number of hydrogen-bond donors (Lipinski definition) is 1. The van der Waals surface area contributed by atoms with Crippen LogP contribution in [0.2, 0.25) is 0 Å². The Balaban J connectivity index is 1.28. The number of fused-ring (bicyclic) bond motifs is 1. The molecule has 0 aliphatic carbocycles. The molecule has 2 aliphatic rings. The lowest BCUT2D eigenvalue weighted by Crippen LogP contribution is -2.39. The lowest BCUT2D eigenvalue weighted by atomic mass is 10.1. The largest absolute Gasteiger partial charge is 0.489 e. The van der Waals surface area contributed by atoms with E-state index >= 15 is 0 Å². The highest BCUT2D eigenvalue weighted by Gasteiger charge is 2.21. The minimum Gasteiger partial charge on any atom is -0.489 e. The Kier molecular flexibility index (Phi) is 9.89. The van der Waals surface area contributed by atoms with Crippen molar-refractivity contribution in [2.75, 3.05) is 77.8 Å². The zero-order valence-electron chi connectivity index (χ0n) is 26.1. The summed E-state index contributed by atoms with van der Waals surface area (Å²) < 4.78 is 43.4. The van der Waals surface area contributed by atoms with Gasteiger partial charge in [0.15, 0.2) is 9.84 Å². The number of ether oxygens (including phenoxy) is 3. The summed E-state index contributed by atoms with van der Waals surface area (Å²) in [5, 5.41) is 3.91. The maximum absolute atomic E-state index is 14.0. The predicted octanol–water partition coefficient (Wildman–Crippen LogP) is 2.43. The van der Waals surface area contributed by atoms with Gasteiger partial charge in [-0.05, 0) is 55.9 Å². The summed E-state index contributed by atoms with van der Waals surface area (Å²) in [5.41, 5.74) is 1.71. The molecule has 1 atom stereocenters. The van der Waals surface area contributed by atoms with Crippen LogP contribution >= 0.6 is 0 Å². The Morgan fingerprint density at radius 2 is 1.83 bits per heavy atom. The molecule has 3 aromatic heterocycles. The number of rotatable bonds is 12. The molecule has 0 spiro atoms. The van der Waals surface area contributed by atoms with Gasteiger partial charge in [0.05, 0.1) is 41.7 Å². The van der Waals surface area contributed by atoms with E-state index < -0.39 is 9.84 Å². The van der Waals surface area contributed by atoms with Gasteiger partial charge in [-0.1, -0.05) is 0 Å². The number of nitrogens with one attached hydrogen (secondary N) is 1. The smallest absolute Gasteiger partial charge is 0.261 e. The average molecular weight is 650 g/mol. The summed E-state index contributed by atoms with van der Waals surface area (Å²) in [6, 6.07) is 12.4. The van der Waals surface area contributed by atoms with Gasteiger partial charge in [0.1, 0.15) is 17.5 Å². The predicted molar refractivity (Wildman–Crippen MR) is 174 cm³/mol. The minimum atomic E-state index is -3.56. The van der Waals surface area contributed by atoms with Crippen LogP contribution in [0.25, 0.3) is 22.3 Å². The number of nitrogens with zero attached hydrogens (tertiary/aromatic N) is 6. The third-order valence-corrected chi connectivity index (χ3v) is 9.92. The number of morpholine rings is 1. The average Bonchev–Trinajstić information content (AvgIpc) is 3.48. The number of aromatic nitrogens is 4. The molecule has 0 bridgehead atoms. The Hall–Kier alpha value is -3.95. The van der Waals surface area contributed by atoms with E-state index in [1.165, 1.54) is 19.4 Å². The number of sulfone groups is 1. The summed E-state index contributed by atoms with van der Waals surface area (Å²) >= 11 is 0. The van der Waals surface area contributed by atoms with E-state index in [1.54, 1.807) is 22.9 Å². The minimum absolute atomic E-state index is 0.0755. The number of pyridine rings is 2. The van der Waals surface area contributed by atoms with Crippen LogP contribution < -0.4 is 15.6 Å². The van der Waals surface area contributed by atoms with Crippen LogP contribution in [-0.4, -0.2) is 116 Å². The van der Waals surface area contributed by atoms with E-state index in [1.807, 2.05) is 24.3 Å². The summed E-state index contributed by atoms with van der Waals surface area (Å²) in [4.78, 5) is 32.3. The maximum atomic E-state index is 14.0. The van der Waals surface area contributed by atoms with Gasteiger partial charge in [-0.3, -0.25) is 19.2 Å². The van der Waals surface area contributed by atoms with Crippen LogP contribution in [0.3, 0.4) is 0 Å². The van der Waals surface area contributed by atoms with Gasteiger partial charge in [-0.15, -0.1) is 0 Å². The fourth-order valence-electron chi connectivity index (χ4n) is 5.64. The molecule has 0 amide bonds. The van der Waals surface area contributed by atoms with Crippen molar-refractivity contribution in [3.63, 3.8) is 0 Å². The van der Waals surface area contributed by atoms with Crippen LogP contribution in [0.4, 0.5) is 11.6 Å². The van der Waals surface area contributed by atoms with Gasteiger partial charge in [0, 0.05) is 69.8 Å². The van der Waals surface area contributed by atoms with E-state index in [2.05, 4.69) is 32.1 Å². The van der Waals surface area contributed by atoms with E-state index in [0.717, 1.165) is 44.0 Å². The van der Waals surface area contributed by atoms with Gasteiger partial charge >= 0.3 is 0 Å². The molecule has 2 saturated heterocycles. The highest BCUT2D eigenvalue weighted by Crippen LogP contribution is 2.24. The van der Waals surface area contributed by atoms with Crippen LogP contribution in [-0.2, 0) is 25.9 Å². The molecular formula is C32H39N7O6S. The van der Waals surface area contributed by atoms with E-state index in [0.29, 0.717) is 54.5 Å². The van der Waals surface area contributed by atoms with E-state index in [9.17, 15) is 13.2 Å². The van der Waals surface area contributed by atoms with Crippen molar-refractivity contribution in [1.82, 2.24) is 29.3 Å². The quantitative estimate of drug-likeness (QED) is 0.241. The van der Waals surface area contributed by atoms with Crippen LogP contribution in [0.5, 0.6) is 5.75 Å². The molecule has 1 aromatic carbocycles. The molecule has 0 saturated carbocycles. The van der Waals surface area contributed by atoms with Crippen LogP contribution in [0.15, 0.2) is 64.5 Å².